The highest BCUT2D eigenvalue weighted by atomic mass is 79.9. The third-order valence-electron chi connectivity index (χ3n) is 1.93. The van der Waals surface area contributed by atoms with E-state index in [1.807, 2.05) is 24.3 Å². The van der Waals surface area contributed by atoms with Crippen LogP contribution in [0.15, 0.2) is 34.2 Å². The Balaban J connectivity index is 2.22. The summed E-state index contributed by atoms with van der Waals surface area (Å²) in [6.45, 7) is 1.49. The molecule has 2 aromatic rings. The summed E-state index contributed by atoms with van der Waals surface area (Å²) in [5.41, 5.74) is 1.84. The maximum Gasteiger partial charge on any atom is 0.221 e. The molecule has 0 saturated carbocycles. The normalized spacial score (nSPS) is 10.1. The molecule has 0 aliphatic heterocycles. The van der Waals surface area contributed by atoms with Crippen LogP contribution in [0.5, 0.6) is 0 Å². The highest BCUT2D eigenvalue weighted by Gasteiger charge is 2.03. The van der Waals surface area contributed by atoms with Gasteiger partial charge in [0, 0.05) is 18.2 Å². The molecule has 0 atom stereocenters. The Morgan fingerprint density at radius 1 is 1.38 bits per heavy atom. The first-order chi connectivity index (χ1) is 7.65. The van der Waals surface area contributed by atoms with Crippen molar-refractivity contribution in [3.8, 4) is 10.6 Å². The van der Waals surface area contributed by atoms with Crippen molar-refractivity contribution >= 4 is 38.9 Å². The number of carbonyl (C=O) groups is 1. The Morgan fingerprint density at radius 2 is 2.06 bits per heavy atom. The molecule has 0 fully saturated rings. The van der Waals surface area contributed by atoms with Crippen LogP contribution in [-0.4, -0.2) is 10.9 Å². The SMILES string of the molecule is CC(=O)Nc1ccc(-c2ncc(Br)s2)cc1. The van der Waals surface area contributed by atoms with Crippen LogP contribution in [0.3, 0.4) is 0 Å². The number of nitrogens with zero attached hydrogens (tertiary/aromatic N) is 1. The lowest BCUT2D eigenvalue weighted by Gasteiger charge is -2.02. The van der Waals surface area contributed by atoms with Crippen molar-refractivity contribution in [3.63, 3.8) is 0 Å². The zero-order valence-electron chi connectivity index (χ0n) is 8.53. The maximum absolute atomic E-state index is 10.8. The highest BCUT2D eigenvalue weighted by Crippen LogP contribution is 2.28. The monoisotopic (exact) mass is 296 g/mol. The van der Waals surface area contributed by atoms with Gasteiger partial charge in [-0.25, -0.2) is 4.98 Å². The molecule has 16 heavy (non-hydrogen) atoms. The van der Waals surface area contributed by atoms with Gasteiger partial charge in [-0.15, -0.1) is 11.3 Å². The molecule has 0 radical (unpaired) electrons. The average molecular weight is 297 g/mol. The minimum atomic E-state index is -0.0651. The Hall–Kier alpha value is -1.20. The minimum Gasteiger partial charge on any atom is -0.326 e. The fraction of sp³-hybridized carbons (Fsp3) is 0.0909. The summed E-state index contributed by atoms with van der Waals surface area (Å²) in [7, 11) is 0. The standard InChI is InChI=1S/C11H9BrN2OS/c1-7(15)14-9-4-2-8(3-5-9)11-13-6-10(12)16-11/h2-6H,1H3,(H,14,15). The van der Waals surface area contributed by atoms with Crippen LogP contribution in [0.2, 0.25) is 0 Å². The lowest BCUT2D eigenvalue weighted by molar-refractivity contribution is -0.114. The summed E-state index contributed by atoms with van der Waals surface area (Å²) in [6, 6.07) is 7.62. The van der Waals surface area contributed by atoms with Crippen molar-refractivity contribution in [2.75, 3.05) is 5.32 Å². The molecular formula is C11H9BrN2OS. The number of rotatable bonds is 2. The van der Waals surface area contributed by atoms with Crippen LogP contribution in [0, 0.1) is 0 Å². The third-order valence-corrected chi connectivity index (χ3v) is 3.45. The van der Waals surface area contributed by atoms with Gasteiger partial charge in [-0.3, -0.25) is 4.79 Å². The molecule has 3 nitrogen and oxygen atoms in total. The number of hydrogen-bond acceptors (Lipinski definition) is 3. The number of thiazole rings is 1. The van der Waals surface area contributed by atoms with Crippen LogP contribution in [0.1, 0.15) is 6.92 Å². The first kappa shape index (κ1) is 11.3. The van der Waals surface area contributed by atoms with E-state index >= 15 is 0 Å². The molecule has 1 aromatic carbocycles. The second-order valence-electron chi connectivity index (χ2n) is 3.23. The van der Waals surface area contributed by atoms with Gasteiger partial charge in [-0.2, -0.15) is 0 Å². The molecule has 0 aliphatic rings. The average Bonchev–Trinajstić information content (AvgIpc) is 2.65. The van der Waals surface area contributed by atoms with E-state index in [1.54, 1.807) is 17.5 Å². The molecule has 1 aromatic heterocycles. The summed E-state index contributed by atoms with van der Waals surface area (Å²) >= 11 is 4.95. The number of aromatic nitrogens is 1. The smallest absolute Gasteiger partial charge is 0.221 e. The van der Waals surface area contributed by atoms with Gasteiger partial charge in [0.1, 0.15) is 5.01 Å². The van der Waals surface area contributed by atoms with E-state index in [0.717, 1.165) is 20.0 Å². The Kier molecular flexibility index (Phi) is 3.36. The van der Waals surface area contributed by atoms with Crippen LogP contribution in [0.25, 0.3) is 10.6 Å². The lowest BCUT2D eigenvalue weighted by atomic mass is 10.2. The first-order valence-corrected chi connectivity index (χ1v) is 6.25. The Labute approximate surface area is 106 Å². The van der Waals surface area contributed by atoms with Crippen molar-refractivity contribution in [2.45, 2.75) is 6.92 Å². The number of carbonyl (C=O) groups excluding carboxylic acids is 1. The number of hydrogen-bond donors (Lipinski definition) is 1. The van der Waals surface area contributed by atoms with Gasteiger partial charge in [-0.05, 0) is 40.2 Å². The second kappa shape index (κ2) is 4.76. The minimum absolute atomic E-state index is 0.0651. The molecule has 1 N–H and O–H groups in total. The molecule has 0 saturated heterocycles. The number of nitrogens with one attached hydrogen (secondary N) is 1. The Morgan fingerprint density at radius 3 is 2.56 bits per heavy atom. The predicted molar refractivity (Wildman–Crippen MR) is 69.6 cm³/mol. The third kappa shape index (κ3) is 2.68. The molecule has 5 heteroatoms. The van der Waals surface area contributed by atoms with Gasteiger partial charge >= 0.3 is 0 Å². The van der Waals surface area contributed by atoms with Crippen LogP contribution in [0.4, 0.5) is 5.69 Å². The number of anilines is 1. The molecule has 0 spiro atoms. The topological polar surface area (TPSA) is 42.0 Å². The fourth-order valence-electron chi connectivity index (χ4n) is 1.29. The summed E-state index contributed by atoms with van der Waals surface area (Å²) in [5, 5.41) is 3.68. The van der Waals surface area contributed by atoms with Crippen molar-refractivity contribution in [3.05, 3.63) is 34.2 Å². The van der Waals surface area contributed by atoms with E-state index in [9.17, 15) is 4.79 Å². The molecule has 1 heterocycles. The second-order valence-corrected chi connectivity index (χ2v) is 5.64. The summed E-state index contributed by atoms with van der Waals surface area (Å²) < 4.78 is 1.01. The maximum atomic E-state index is 10.8. The van der Waals surface area contributed by atoms with Gasteiger partial charge in [0.2, 0.25) is 5.91 Å². The zero-order chi connectivity index (χ0) is 11.5. The Bertz CT molecular complexity index is 507. The van der Waals surface area contributed by atoms with E-state index in [0.29, 0.717) is 0 Å². The fourth-order valence-corrected chi connectivity index (χ4v) is 2.50. The number of halogens is 1. The van der Waals surface area contributed by atoms with E-state index in [-0.39, 0.29) is 5.91 Å². The molecular weight excluding hydrogens is 288 g/mol. The van der Waals surface area contributed by atoms with E-state index in [1.165, 1.54) is 6.92 Å². The van der Waals surface area contributed by atoms with Gasteiger partial charge in [0.25, 0.3) is 0 Å². The van der Waals surface area contributed by atoms with E-state index in [4.69, 9.17) is 0 Å². The van der Waals surface area contributed by atoms with Crippen LogP contribution < -0.4 is 5.32 Å². The van der Waals surface area contributed by atoms with Gasteiger partial charge in [0.05, 0.1) is 9.98 Å². The molecule has 0 aliphatic carbocycles. The van der Waals surface area contributed by atoms with E-state index < -0.39 is 0 Å². The molecule has 0 bridgehead atoms. The molecule has 0 unspecified atom stereocenters. The van der Waals surface area contributed by atoms with Crippen LogP contribution >= 0.6 is 27.3 Å². The van der Waals surface area contributed by atoms with Crippen molar-refractivity contribution in [1.29, 1.82) is 0 Å². The van der Waals surface area contributed by atoms with Crippen molar-refractivity contribution in [2.24, 2.45) is 0 Å². The predicted octanol–water partition coefficient (Wildman–Crippen LogP) is 3.53. The zero-order valence-corrected chi connectivity index (χ0v) is 10.9. The lowest BCUT2D eigenvalue weighted by Crippen LogP contribution is -2.05. The molecule has 82 valence electrons. The highest BCUT2D eigenvalue weighted by molar-refractivity contribution is 9.11. The molecule has 2 rings (SSSR count). The summed E-state index contributed by atoms with van der Waals surface area (Å²) in [6.07, 6.45) is 1.78. The van der Waals surface area contributed by atoms with Gasteiger partial charge in [0.15, 0.2) is 0 Å². The van der Waals surface area contributed by atoms with Gasteiger partial charge in [-0.1, -0.05) is 0 Å². The largest absolute Gasteiger partial charge is 0.326 e. The quantitative estimate of drug-likeness (QED) is 0.921. The molecule has 1 amide bonds. The van der Waals surface area contributed by atoms with Crippen molar-refractivity contribution < 1.29 is 4.79 Å². The number of benzene rings is 1. The number of amides is 1. The first-order valence-electron chi connectivity index (χ1n) is 4.64. The summed E-state index contributed by atoms with van der Waals surface area (Å²) in [5.74, 6) is -0.0651. The summed E-state index contributed by atoms with van der Waals surface area (Å²) in [4.78, 5) is 15.1. The van der Waals surface area contributed by atoms with Crippen LogP contribution in [-0.2, 0) is 4.79 Å². The van der Waals surface area contributed by atoms with Crippen molar-refractivity contribution in [1.82, 2.24) is 4.98 Å². The van der Waals surface area contributed by atoms with Gasteiger partial charge < -0.3 is 5.32 Å². The van der Waals surface area contributed by atoms with E-state index in [2.05, 4.69) is 26.2 Å².